The van der Waals surface area contributed by atoms with Crippen LogP contribution in [0.3, 0.4) is 0 Å². The summed E-state index contributed by atoms with van der Waals surface area (Å²) in [6.07, 6.45) is 0. The summed E-state index contributed by atoms with van der Waals surface area (Å²) >= 11 is 0. The Morgan fingerprint density at radius 1 is 1.31 bits per heavy atom. The lowest BCUT2D eigenvalue weighted by molar-refractivity contribution is 0.0931. The summed E-state index contributed by atoms with van der Waals surface area (Å²) in [5, 5.41) is 2.94. The molecule has 16 heavy (non-hydrogen) atoms. The third-order valence-corrected chi connectivity index (χ3v) is 2.81. The van der Waals surface area contributed by atoms with E-state index < -0.39 is 0 Å². The molecule has 1 atom stereocenters. The van der Waals surface area contributed by atoms with Crippen molar-refractivity contribution in [3.8, 4) is 0 Å². The molecule has 0 saturated carbocycles. The average molecular weight is 220 g/mol. The minimum atomic E-state index is -0.0984. The van der Waals surface area contributed by atoms with Crippen LogP contribution in [-0.4, -0.2) is 11.9 Å². The summed E-state index contributed by atoms with van der Waals surface area (Å²) in [5.74, 6) is 0.314. The summed E-state index contributed by atoms with van der Waals surface area (Å²) < 4.78 is 0. The first kappa shape index (κ1) is 12.6. The Balaban J connectivity index is 2.81. The van der Waals surface area contributed by atoms with Gasteiger partial charge in [-0.3, -0.25) is 4.79 Å². The molecule has 88 valence electrons. The minimum absolute atomic E-state index is 0.0984. The molecule has 0 aromatic heterocycles. The van der Waals surface area contributed by atoms with Gasteiger partial charge in [-0.1, -0.05) is 19.9 Å². The van der Waals surface area contributed by atoms with Crippen LogP contribution >= 0.6 is 0 Å². The van der Waals surface area contributed by atoms with E-state index in [0.717, 1.165) is 5.56 Å². The van der Waals surface area contributed by atoms with Crippen LogP contribution in [-0.2, 0) is 0 Å². The van der Waals surface area contributed by atoms with E-state index in [2.05, 4.69) is 19.2 Å². The van der Waals surface area contributed by atoms with E-state index in [1.807, 2.05) is 26.0 Å². The van der Waals surface area contributed by atoms with Crippen LogP contribution in [0.5, 0.6) is 0 Å². The zero-order valence-corrected chi connectivity index (χ0v) is 10.4. The molecule has 0 heterocycles. The Bertz CT molecular complexity index is 386. The van der Waals surface area contributed by atoms with Crippen LogP contribution < -0.4 is 11.1 Å². The number of benzene rings is 1. The molecule has 0 fully saturated rings. The average Bonchev–Trinajstić information content (AvgIpc) is 2.16. The molecule has 3 N–H and O–H groups in total. The van der Waals surface area contributed by atoms with Crippen molar-refractivity contribution >= 4 is 11.6 Å². The minimum Gasteiger partial charge on any atom is -0.398 e. The predicted molar refractivity (Wildman–Crippen MR) is 67.4 cm³/mol. The molecule has 0 aliphatic rings. The number of hydrogen-bond donors (Lipinski definition) is 2. The van der Waals surface area contributed by atoms with E-state index >= 15 is 0 Å². The summed E-state index contributed by atoms with van der Waals surface area (Å²) in [7, 11) is 0. The van der Waals surface area contributed by atoms with Crippen molar-refractivity contribution < 1.29 is 4.79 Å². The third kappa shape index (κ3) is 2.99. The van der Waals surface area contributed by atoms with Gasteiger partial charge in [-0.25, -0.2) is 0 Å². The van der Waals surface area contributed by atoms with Crippen LogP contribution in [0.2, 0.25) is 0 Å². The highest BCUT2D eigenvalue weighted by Gasteiger charge is 2.14. The van der Waals surface area contributed by atoms with Gasteiger partial charge in [-0.15, -0.1) is 0 Å². The lowest BCUT2D eigenvalue weighted by Gasteiger charge is -2.18. The molecule has 1 amide bonds. The van der Waals surface area contributed by atoms with Crippen molar-refractivity contribution in [3.05, 3.63) is 29.3 Å². The highest BCUT2D eigenvalue weighted by Crippen LogP contribution is 2.14. The maximum atomic E-state index is 11.9. The fraction of sp³-hybridized carbons (Fsp3) is 0.462. The molecule has 3 nitrogen and oxygen atoms in total. The number of rotatable bonds is 3. The maximum absolute atomic E-state index is 11.9. The van der Waals surface area contributed by atoms with Crippen LogP contribution in [0.4, 0.5) is 5.69 Å². The summed E-state index contributed by atoms with van der Waals surface area (Å²) in [5.41, 5.74) is 7.96. The Labute approximate surface area is 97.0 Å². The van der Waals surface area contributed by atoms with E-state index in [0.29, 0.717) is 17.2 Å². The van der Waals surface area contributed by atoms with E-state index in [9.17, 15) is 4.79 Å². The Morgan fingerprint density at radius 2 is 1.94 bits per heavy atom. The summed E-state index contributed by atoms with van der Waals surface area (Å²) in [4.78, 5) is 11.9. The number of anilines is 1. The van der Waals surface area contributed by atoms with E-state index in [1.165, 1.54) is 0 Å². The van der Waals surface area contributed by atoms with E-state index in [4.69, 9.17) is 5.73 Å². The number of nitrogen functional groups attached to an aromatic ring is 1. The summed E-state index contributed by atoms with van der Waals surface area (Å²) in [6, 6.07) is 5.63. The third-order valence-electron chi connectivity index (χ3n) is 2.81. The number of nitrogens with two attached hydrogens (primary N) is 1. The number of carbonyl (C=O) groups excluding carboxylic acids is 1. The molecule has 0 bridgehead atoms. The van der Waals surface area contributed by atoms with Gasteiger partial charge >= 0.3 is 0 Å². The van der Waals surface area contributed by atoms with E-state index in [1.54, 1.807) is 6.07 Å². The van der Waals surface area contributed by atoms with Gasteiger partial charge < -0.3 is 11.1 Å². The smallest absolute Gasteiger partial charge is 0.253 e. The van der Waals surface area contributed by atoms with Crippen molar-refractivity contribution in [3.63, 3.8) is 0 Å². The van der Waals surface area contributed by atoms with Gasteiger partial charge in [-0.05, 0) is 37.5 Å². The largest absolute Gasteiger partial charge is 0.398 e. The van der Waals surface area contributed by atoms with Gasteiger partial charge in [0.1, 0.15) is 0 Å². The molecule has 0 spiro atoms. The first-order valence-corrected chi connectivity index (χ1v) is 5.58. The SMILES string of the molecule is Cc1ccc(C(=O)NC(C)C(C)C)c(N)c1. The fourth-order valence-corrected chi connectivity index (χ4v) is 1.34. The molecule has 1 rings (SSSR count). The number of hydrogen-bond acceptors (Lipinski definition) is 2. The first-order valence-electron chi connectivity index (χ1n) is 5.58. The lowest BCUT2D eigenvalue weighted by Crippen LogP contribution is -2.36. The van der Waals surface area contributed by atoms with Gasteiger partial charge in [0.2, 0.25) is 0 Å². The zero-order valence-electron chi connectivity index (χ0n) is 10.4. The molecular weight excluding hydrogens is 200 g/mol. The Morgan fingerprint density at radius 3 is 2.44 bits per heavy atom. The maximum Gasteiger partial charge on any atom is 0.253 e. The lowest BCUT2D eigenvalue weighted by atomic mass is 10.0. The highest BCUT2D eigenvalue weighted by molar-refractivity contribution is 5.99. The molecule has 0 aliphatic carbocycles. The molecule has 1 aromatic rings. The number of amides is 1. The van der Waals surface area contributed by atoms with Gasteiger partial charge in [0.25, 0.3) is 5.91 Å². The fourth-order valence-electron chi connectivity index (χ4n) is 1.34. The van der Waals surface area contributed by atoms with Crippen molar-refractivity contribution in [1.82, 2.24) is 5.32 Å². The Hall–Kier alpha value is -1.51. The highest BCUT2D eigenvalue weighted by atomic mass is 16.1. The van der Waals surface area contributed by atoms with E-state index in [-0.39, 0.29) is 11.9 Å². The van der Waals surface area contributed by atoms with Crippen molar-refractivity contribution in [2.75, 3.05) is 5.73 Å². The molecule has 1 unspecified atom stereocenters. The second-order valence-electron chi connectivity index (χ2n) is 4.60. The van der Waals surface area contributed by atoms with Crippen molar-refractivity contribution in [2.45, 2.75) is 33.7 Å². The molecule has 1 aromatic carbocycles. The monoisotopic (exact) mass is 220 g/mol. The molecular formula is C13H20N2O. The van der Waals surface area contributed by atoms with Crippen LogP contribution in [0, 0.1) is 12.8 Å². The zero-order chi connectivity index (χ0) is 12.3. The number of nitrogens with one attached hydrogen (secondary N) is 1. The van der Waals surface area contributed by atoms with Crippen molar-refractivity contribution in [1.29, 1.82) is 0 Å². The second-order valence-corrected chi connectivity index (χ2v) is 4.60. The Kier molecular flexibility index (Phi) is 3.93. The van der Waals surface area contributed by atoms with Gasteiger partial charge in [0.15, 0.2) is 0 Å². The van der Waals surface area contributed by atoms with Gasteiger partial charge in [0, 0.05) is 11.7 Å². The summed E-state index contributed by atoms with van der Waals surface area (Å²) in [6.45, 7) is 8.09. The number of carbonyl (C=O) groups is 1. The standard InChI is InChI=1S/C13H20N2O/c1-8(2)10(4)15-13(16)11-6-5-9(3)7-12(11)14/h5-8,10H,14H2,1-4H3,(H,15,16). The van der Waals surface area contributed by atoms with Crippen LogP contribution in [0.25, 0.3) is 0 Å². The normalized spacial score (nSPS) is 12.6. The molecule has 0 aliphatic heterocycles. The molecule has 0 radical (unpaired) electrons. The predicted octanol–water partition coefficient (Wildman–Crippen LogP) is 2.35. The molecule has 0 saturated heterocycles. The van der Waals surface area contributed by atoms with Crippen LogP contribution in [0.1, 0.15) is 36.7 Å². The van der Waals surface area contributed by atoms with Gasteiger partial charge in [0.05, 0.1) is 5.56 Å². The quantitative estimate of drug-likeness (QED) is 0.768. The first-order chi connectivity index (χ1) is 7.41. The number of aryl methyl sites for hydroxylation is 1. The van der Waals surface area contributed by atoms with Crippen LogP contribution in [0.15, 0.2) is 18.2 Å². The van der Waals surface area contributed by atoms with Crippen molar-refractivity contribution in [2.24, 2.45) is 5.92 Å². The second kappa shape index (κ2) is 5.01. The van der Waals surface area contributed by atoms with Gasteiger partial charge in [-0.2, -0.15) is 0 Å². The molecule has 3 heteroatoms. The topological polar surface area (TPSA) is 55.1 Å².